The maximum atomic E-state index is 13.1. The first kappa shape index (κ1) is 47.6. The summed E-state index contributed by atoms with van der Waals surface area (Å²) in [6.45, 7) is 5.65. The van der Waals surface area contributed by atoms with Gasteiger partial charge in [-0.05, 0) is 41.6 Å². The summed E-state index contributed by atoms with van der Waals surface area (Å²) in [6.07, 6.45) is 22.4. The molecule has 5 aliphatic rings. The molecule has 0 unspecified atom stereocenters. The van der Waals surface area contributed by atoms with Gasteiger partial charge < -0.3 is 10.6 Å². The molecule has 5 rings (SSSR count). The molecule has 0 radical (unpaired) electrons. The topological polar surface area (TPSA) is 58.2 Å². The van der Waals surface area contributed by atoms with Gasteiger partial charge in [0.15, 0.2) is 0 Å². The molecule has 0 aromatic rings. The number of carbonyl (C=O) groups excluding carboxylic acids is 2. The second-order valence-electron chi connectivity index (χ2n) is 13.3. The van der Waals surface area contributed by atoms with Crippen LogP contribution in [0.3, 0.4) is 0 Å². The predicted molar refractivity (Wildman–Crippen MR) is 271 cm³/mol. The van der Waals surface area contributed by atoms with Crippen molar-refractivity contribution in [3.05, 3.63) is 54.5 Å². The van der Waals surface area contributed by atoms with Crippen LogP contribution in [0.5, 0.6) is 0 Å². The summed E-state index contributed by atoms with van der Waals surface area (Å²) in [5.74, 6) is 4.70. The number of hydrogen-bond acceptors (Lipinski definition) is 14. The Morgan fingerprint density at radius 2 is 0.891 bits per heavy atom. The molecule has 55 heavy (non-hydrogen) atoms. The zero-order valence-corrected chi connectivity index (χ0v) is 41.9. The van der Waals surface area contributed by atoms with Crippen LogP contribution in [0.25, 0.3) is 0 Å². The molecule has 0 aromatic heterocycles. The summed E-state index contributed by atoms with van der Waals surface area (Å²) >= 11 is 22.2. The average molecular weight is 970 g/mol. The Kier molecular flexibility index (Phi) is 24.4. The fourth-order valence-corrected chi connectivity index (χ4v) is 22.6. The van der Waals surface area contributed by atoms with Gasteiger partial charge in [0.1, 0.15) is 0 Å². The van der Waals surface area contributed by atoms with Crippen LogP contribution in [-0.2, 0) is 9.59 Å². The molecule has 2 amide bonds. The van der Waals surface area contributed by atoms with Crippen LogP contribution >= 0.6 is 141 Å². The lowest BCUT2D eigenvalue weighted by atomic mass is 10.1. The lowest BCUT2D eigenvalue weighted by Crippen LogP contribution is -2.30. The van der Waals surface area contributed by atoms with Crippen molar-refractivity contribution in [2.45, 2.75) is 123 Å². The highest BCUT2D eigenvalue weighted by Crippen LogP contribution is 2.64. The van der Waals surface area contributed by atoms with Crippen molar-refractivity contribution in [1.29, 1.82) is 0 Å². The Balaban J connectivity index is 0.985. The number of thioether (sulfide) groups is 12. The summed E-state index contributed by atoms with van der Waals surface area (Å²) in [7, 11) is 0. The first-order chi connectivity index (χ1) is 27.1. The van der Waals surface area contributed by atoms with Gasteiger partial charge in [0, 0.05) is 24.6 Å². The van der Waals surface area contributed by atoms with Gasteiger partial charge in [-0.2, -0.15) is 0 Å². The van der Waals surface area contributed by atoms with Crippen molar-refractivity contribution in [2.24, 2.45) is 0 Å². The highest BCUT2D eigenvalue weighted by atomic mass is 32.3. The maximum Gasteiger partial charge on any atom is 0.258 e. The van der Waals surface area contributed by atoms with Crippen molar-refractivity contribution in [3.8, 4) is 0 Å². The quantitative estimate of drug-likeness (QED) is 0.0809. The maximum absolute atomic E-state index is 13.1. The van der Waals surface area contributed by atoms with Gasteiger partial charge in [0.25, 0.3) is 11.8 Å². The SMILES string of the molecule is CCCCCCCCCCSC1=C(SCCCCCCCCCC)SC(=C2SC=C(C(=O)NCCCNC(=O)C3=CSC(=C4SC5=C(SCCS5)S4)S3)S2)S1. The van der Waals surface area contributed by atoms with Gasteiger partial charge in [-0.15, -0.1) is 47.0 Å². The first-order valence-corrected chi connectivity index (χ1v) is 30.5. The van der Waals surface area contributed by atoms with Gasteiger partial charge >= 0.3 is 0 Å². The van der Waals surface area contributed by atoms with E-state index in [0.29, 0.717) is 19.5 Å². The Labute approximate surface area is 382 Å². The van der Waals surface area contributed by atoms with E-state index >= 15 is 0 Å². The van der Waals surface area contributed by atoms with Crippen LogP contribution in [-0.4, -0.2) is 47.9 Å². The normalized spacial score (nSPS) is 18.5. The van der Waals surface area contributed by atoms with E-state index in [2.05, 4.69) is 48.0 Å². The van der Waals surface area contributed by atoms with E-state index in [1.165, 1.54) is 160 Å². The van der Waals surface area contributed by atoms with E-state index in [-0.39, 0.29) is 11.8 Å². The first-order valence-electron chi connectivity index (χ1n) is 19.9. The zero-order chi connectivity index (χ0) is 38.5. The molecule has 0 aromatic carbocycles. The highest BCUT2D eigenvalue weighted by molar-refractivity contribution is 8.43. The summed E-state index contributed by atoms with van der Waals surface area (Å²) in [6, 6.07) is 0. The van der Waals surface area contributed by atoms with E-state index in [0.717, 1.165) is 9.81 Å². The van der Waals surface area contributed by atoms with Gasteiger partial charge in [-0.25, -0.2) is 0 Å². The molecule has 0 atom stereocenters. The van der Waals surface area contributed by atoms with E-state index in [9.17, 15) is 9.59 Å². The number of carbonyl (C=O) groups is 2. The summed E-state index contributed by atoms with van der Waals surface area (Å²) in [4.78, 5) is 27.5. The number of hydrogen-bond donors (Lipinski definition) is 2. The molecular weight excluding hydrogens is 913 g/mol. The van der Waals surface area contributed by atoms with Crippen LogP contribution in [0.1, 0.15) is 123 Å². The average Bonchev–Trinajstić information content (AvgIpc) is 4.02. The summed E-state index contributed by atoms with van der Waals surface area (Å²) in [5.41, 5.74) is 0. The Morgan fingerprint density at radius 3 is 1.33 bits per heavy atom. The Hall–Kier alpha value is 1.58. The second kappa shape index (κ2) is 28.2. The minimum Gasteiger partial charge on any atom is -0.351 e. The van der Waals surface area contributed by atoms with Gasteiger partial charge in [0.05, 0.1) is 43.7 Å². The predicted octanol–water partition coefficient (Wildman–Crippen LogP) is 15.9. The molecule has 0 saturated heterocycles. The second-order valence-corrected chi connectivity index (χ2v) is 27.8. The summed E-state index contributed by atoms with van der Waals surface area (Å²) in [5, 5.41) is 10.1. The van der Waals surface area contributed by atoms with Crippen molar-refractivity contribution >= 4 is 153 Å². The van der Waals surface area contributed by atoms with Crippen molar-refractivity contribution in [1.82, 2.24) is 10.6 Å². The third-order valence-corrected chi connectivity index (χ3v) is 26.0. The van der Waals surface area contributed by atoms with Crippen molar-refractivity contribution in [3.63, 3.8) is 0 Å². The third-order valence-electron chi connectivity index (χ3n) is 8.74. The molecule has 0 fully saturated rings. The number of unbranched alkanes of at least 4 members (excludes halogenated alkanes) is 14. The monoisotopic (exact) mass is 968 g/mol. The van der Waals surface area contributed by atoms with Crippen LogP contribution < -0.4 is 10.6 Å². The fraction of sp³-hybridized carbons (Fsp3) is 0.641. The van der Waals surface area contributed by atoms with Gasteiger partial charge in [-0.1, -0.05) is 198 Å². The Bertz CT molecular complexity index is 1430. The smallest absolute Gasteiger partial charge is 0.258 e. The van der Waals surface area contributed by atoms with Crippen molar-refractivity contribution < 1.29 is 9.59 Å². The molecule has 0 aliphatic carbocycles. The fourth-order valence-electron chi connectivity index (χ4n) is 5.69. The third kappa shape index (κ3) is 17.1. The molecule has 0 spiro atoms. The van der Waals surface area contributed by atoms with E-state index in [4.69, 9.17) is 0 Å². The van der Waals surface area contributed by atoms with E-state index < -0.39 is 0 Å². The van der Waals surface area contributed by atoms with Crippen LogP contribution in [0, 0.1) is 0 Å². The van der Waals surface area contributed by atoms with Crippen LogP contribution in [0.4, 0.5) is 0 Å². The molecule has 4 nitrogen and oxygen atoms in total. The van der Waals surface area contributed by atoms with E-state index in [1.54, 1.807) is 47.0 Å². The van der Waals surface area contributed by atoms with Crippen LogP contribution in [0.2, 0.25) is 0 Å². The van der Waals surface area contributed by atoms with Crippen LogP contribution in [0.15, 0.2) is 54.5 Å². The van der Waals surface area contributed by atoms with Gasteiger partial charge in [0.2, 0.25) is 0 Å². The van der Waals surface area contributed by atoms with E-state index in [1.807, 2.05) is 81.4 Å². The molecule has 0 bridgehead atoms. The van der Waals surface area contributed by atoms with Crippen molar-refractivity contribution in [2.75, 3.05) is 36.1 Å². The molecule has 16 heteroatoms. The largest absolute Gasteiger partial charge is 0.351 e. The Morgan fingerprint density at radius 1 is 0.491 bits per heavy atom. The lowest BCUT2D eigenvalue weighted by Gasteiger charge is -2.08. The highest BCUT2D eigenvalue weighted by Gasteiger charge is 2.31. The molecule has 306 valence electrons. The zero-order valence-electron chi connectivity index (χ0n) is 32.1. The number of rotatable bonds is 26. The number of nitrogens with one attached hydrogen (secondary N) is 2. The molecular formula is C39H56N2O2S12. The molecule has 5 heterocycles. The standard InChI is InChI=1S/C39H56N2O2S12/c1-3-5-7-9-11-13-15-17-22-44-32-33(45-23-18-16-14-12-10-8-6-4-2)53-38(52-32)36-48-26-28(50-36)30(42)40-20-19-21-41-31(43)29-27-49-37(51-29)39-54-34-35(55-39)47-25-24-46-34/h26-27H,3-25H2,1-2H3,(H,40,42)(H,41,43). The molecule has 5 aliphatic heterocycles. The molecule has 2 N–H and O–H groups in total. The minimum atomic E-state index is -0.0264. The number of amides is 2. The minimum absolute atomic E-state index is 0.0186. The lowest BCUT2D eigenvalue weighted by molar-refractivity contribution is -0.117. The molecule has 0 saturated carbocycles. The summed E-state index contributed by atoms with van der Waals surface area (Å²) < 4.78 is 10.9. The van der Waals surface area contributed by atoms with Gasteiger partial charge in [-0.3, -0.25) is 9.59 Å².